The van der Waals surface area contributed by atoms with Gasteiger partial charge in [-0.15, -0.1) is 0 Å². The van der Waals surface area contributed by atoms with Crippen LogP contribution in [0.2, 0.25) is 5.02 Å². The van der Waals surface area contributed by atoms with Crippen LogP contribution in [0.1, 0.15) is 21.5 Å². The number of anilines is 1. The number of benzene rings is 4. The average Bonchev–Trinajstić information content (AvgIpc) is 3.40. The molecule has 206 valence electrons. The monoisotopic (exact) mass is 571 g/mol. The number of amides is 1. The van der Waals surface area contributed by atoms with E-state index in [4.69, 9.17) is 21.3 Å². The molecule has 0 aliphatic heterocycles. The van der Waals surface area contributed by atoms with Gasteiger partial charge in [-0.1, -0.05) is 84.4 Å². The molecular weight excluding hydrogens is 545 g/mol. The van der Waals surface area contributed by atoms with E-state index in [1.54, 1.807) is 22.8 Å². The third-order valence-electron chi connectivity index (χ3n) is 6.85. The molecular formula is C33H27BClN5O2. The summed E-state index contributed by atoms with van der Waals surface area (Å²) in [5, 5.41) is 11.7. The molecule has 6 aromatic rings. The quantitative estimate of drug-likeness (QED) is 0.220. The van der Waals surface area contributed by atoms with Gasteiger partial charge in [0.05, 0.1) is 11.3 Å². The summed E-state index contributed by atoms with van der Waals surface area (Å²) >= 11 is 6.47. The summed E-state index contributed by atoms with van der Waals surface area (Å²) in [6.07, 6.45) is 1.80. The van der Waals surface area contributed by atoms with Crippen molar-refractivity contribution in [2.75, 3.05) is 5.32 Å². The second-order valence-electron chi connectivity index (χ2n) is 9.83. The Balaban J connectivity index is 1.12. The highest BCUT2D eigenvalue weighted by Crippen LogP contribution is 2.28. The number of aromatic nitrogens is 3. The number of fused-ring (bicyclic) bond motifs is 1. The largest absolute Gasteiger partial charge is 0.457 e. The van der Waals surface area contributed by atoms with Gasteiger partial charge in [0.1, 0.15) is 25.2 Å². The maximum Gasteiger partial charge on any atom is 0.255 e. The second kappa shape index (κ2) is 12.2. The van der Waals surface area contributed by atoms with Crippen molar-refractivity contribution in [2.45, 2.75) is 13.1 Å². The summed E-state index contributed by atoms with van der Waals surface area (Å²) in [6.45, 7) is 0.974. The highest BCUT2D eigenvalue weighted by atomic mass is 35.5. The molecule has 9 heteroatoms. The molecule has 0 atom stereocenters. The minimum Gasteiger partial charge on any atom is -0.457 e. The van der Waals surface area contributed by atoms with E-state index in [2.05, 4.69) is 15.7 Å². The van der Waals surface area contributed by atoms with Crippen LogP contribution in [-0.4, -0.2) is 28.4 Å². The molecule has 0 saturated carbocycles. The van der Waals surface area contributed by atoms with Crippen LogP contribution in [0.15, 0.2) is 115 Å². The number of carbonyl (C=O) groups is 1. The first kappa shape index (κ1) is 27.1. The lowest BCUT2D eigenvalue weighted by molar-refractivity contribution is 0.0948. The van der Waals surface area contributed by atoms with E-state index in [0.29, 0.717) is 35.2 Å². The van der Waals surface area contributed by atoms with Crippen LogP contribution < -0.4 is 20.8 Å². The van der Waals surface area contributed by atoms with Crippen LogP contribution in [0.5, 0.6) is 11.5 Å². The van der Waals surface area contributed by atoms with E-state index in [1.165, 1.54) is 0 Å². The maximum atomic E-state index is 13.0. The lowest BCUT2D eigenvalue weighted by Crippen LogP contribution is -2.23. The summed E-state index contributed by atoms with van der Waals surface area (Å²) < 4.78 is 7.75. The summed E-state index contributed by atoms with van der Waals surface area (Å²) in [6, 6.07) is 34.4. The zero-order valence-electron chi connectivity index (χ0n) is 22.9. The highest BCUT2D eigenvalue weighted by molar-refractivity contribution is 6.36. The number of halogens is 1. The van der Waals surface area contributed by atoms with Crippen LogP contribution in [0.4, 0.5) is 5.82 Å². The molecule has 0 unspecified atom stereocenters. The zero-order valence-corrected chi connectivity index (χ0v) is 23.7. The molecule has 0 bridgehead atoms. The van der Waals surface area contributed by atoms with E-state index in [-0.39, 0.29) is 5.91 Å². The first-order valence-corrected chi connectivity index (χ1v) is 13.9. The van der Waals surface area contributed by atoms with Crippen molar-refractivity contribution in [3.63, 3.8) is 0 Å². The fourth-order valence-electron chi connectivity index (χ4n) is 4.61. The van der Waals surface area contributed by atoms with E-state index in [9.17, 15) is 4.79 Å². The van der Waals surface area contributed by atoms with Crippen molar-refractivity contribution in [3.05, 3.63) is 137 Å². The van der Waals surface area contributed by atoms with Gasteiger partial charge >= 0.3 is 0 Å². The Hall–Kier alpha value is -5.08. The van der Waals surface area contributed by atoms with Crippen LogP contribution >= 0.6 is 11.6 Å². The topological polar surface area (TPSA) is 80.5 Å². The SMILES string of the molecule is Bc1cnn2c(NCc3ccc(CNC(=O)c4ccccc4Oc4ccccc4)cc3)cc(-c3ccccc3Cl)nc12. The first-order chi connectivity index (χ1) is 20.5. The lowest BCUT2D eigenvalue weighted by atomic mass is 10.0. The highest BCUT2D eigenvalue weighted by Gasteiger charge is 2.14. The number of para-hydroxylation sites is 2. The number of nitrogens with zero attached hydrogens (tertiary/aromatic N) is 3. The number of ether oxygens (including phenoxy) is 1. The van der Waals surface area contributed by atoms with Gasteiger partial charge in [0, 0.05) is 35.9 Å². The van der Waals surface area contributed by atoms with Crippen molar-refractivity contribution in [1.29, 1.82) is 0 Å². The van der Waals surface area contributed by atoms with Crippen LogP contribution in [0.3, 0.4) is 0 Å². The Morgan fingerprint density at radius 3 is 2.33 bits per heavy atom. The van der Waals surface area contributed by atoms with E-state index in [0.717, 1.165) is 39.3 Å². The number of rotatable bonds is 9. The van der Waals surface area contributed by atoms with Gasteiger partial charge in [-0.3, -0.25) is 4.79 Å². The lowest BCUT2D eigenvalue weighted by Gasteiger charge is -2.13. The molecule has 0 radical (unpaired) electrons. The molecule has 2 aromatic heterocycles. The van der Waals surface area contributed by atoms with Crippen molar-refractivity contribution in [1.82, 2.24) is 19.9 Å². The van der Waals surface area contributed by atoms with Gasteiger partial charge < -0.3 is 15.4 Å². The third-order valence-corrected chi connectivity index (χ3v) is 7.18. The summed E-state index contributed by atoms with van der Waals surface area (Å²) in [5.41, 5.74) is 5.95. The van der Waals surface area contributed by atoms with E-state index >= 15 is 0 Å². The Bertz CT molecular complexity index is 1860. The molecule has 2 heterocycles. The van der Waals surface area contributed by atoms with Crippen LogP contribution in [-0.2, 0) is 13.1 Å². The van der Waals surface area contributed by atoms with Crippen molar-refractivity contribution >= 4 is 42.3 Å². The predicted molar refractivity (Wildman–Crippen MR) is 170 cm³/mol. The molecule has 1 amide bonds. The molecule has 4 aromatic carbocycles. The minimum absolute atomic E-state index is 0.196. The number of nitrogens with one attached hydrogen (secondary N) is 2. The number of carbonyl (C=O) groups excluding carboxylic acids is 1. The molecule has 0 spiro atoms. The first-order valence-electron chi connectivity index (χ1n) is 13.6. The van der Waals surface area contributed by atoms with Gasteiger partial charge in [0.2, 0.25) is 0 Å². The Morgan fingerprint density at radius 2 is 1.55 bits per heavy atom. The van der Waals surface area contributed by atoms with Gasteiger partial charge in [0.15, 0.2) is 5.65 Å². The molecule has 7 nitrogen and oxygen atoms in total. The molecule has 0 aliphatic rings. The fraction of sp³-hybridized carbons (Fsp3) is 0.0606. The third kappa shape index (κ3) is 5.99. The van der Waals surface area contributed by atoms with Gasteiger partial charge in [-0.2, -0.15) is 9.61 Å². The molecule has 0 aliphatic carbocycles. The van der Waals surface area contributed by atoms with Crippen molar-refractivity contribution < 1.29 is 9.53 Å². The Labute approximate surface area is 249 Å². The second-order valence-corrected chi connectivity index (χ2v) is 10.2. The Kier molecular flexibility index (Phi) is 7.88. The molecule has 42 heavy (non-hydrogen) atoms. The average molecular weight is 572 g/mol. The standard InChI is InChI=1S/C33H27BClN5O2/c34-27-21-38-40-31(18-29(39-32(27)40)25-10-4-6-12-28(25)35)36-19-22-14-16-23(17-15-22)20-37-33(41)26-11-5-7-13-30(26)42-24-8-2-1-3-9-24/h1-18,21,36H,19-20,34H2,(H,37,41). The van der Waals surface area contributed by atoms with E-state index in [1.807, 2.05) is 105 Å². The molecule has 6 rings (SSSR count). The normalized spacial score (nSPS) is 10.9. The summed E-state index contributed by atoms with van der Waals surface area (Å²) in [7, 11) is 1.99. The maximum absolute atomic E-state index is 13.0. The Morgan fingerprint density at radius 1 is 0.857 bits per heavy atom. The number of hydrogen-bond acceptors (Lipinski definition) is 5. The number of hydrogen-bond donors (Lipinski definition) is 2. The van der Waals surface area contributed by atoms with Crippen molar-refractivity contribution in [3.8, 4) is 22.8 Å². The molecule has 2 N–H and O–H groups in total. The van der Waals surface area contributed by atoms with Gasteiger partial charge in [0.25, 0.3) is 5.91 Å². The fourth-order valence-corrected chi connectivity index (χ4v) is 4.84. The van der Waals surface area contributed by atoms with Crippen LogP contribution in [0, 0.1) is 0 Å². The van der Waals surface area contributed by atoms with Gasteiger partial charge in [-0.05, 0) is 46.9 Å². The zero-order chi connectivity index (χ0) is 28.9. The van der Waals surface area contributed by atoms with Crippen molar-refractivity contribution in [2.24, 2.45) is 0 Å². The smallest absolute Gasteiger partial charge is 0.255 e. The summed E-state index contributed by atoms with van der Waals surface area (Å²) in [5.74, 6) is 1.81. The minimum atomic E-state index is -0.196. The van der Waals surface area contributed by atoms with E-state index < -0.39 is 0 Å². The van der Waals surface area contributed by atoms with Crippen LogP contribution in [0.25, 0.3) is 16.9 Å². The van der Waals surface area contributed by atoms with Gasteiger partial charge in [-0.25, -0.2) is 4.98 Å². The summed E-state index contributed by atoms with van der Waals surface area (Å²) in [4.78, 5) is 17.8. The molecule has 0 saturated heterocycles. The molecule has 0 fully saturated rings. The predicted octanol–water partition coefficient (Wildman–Crippen LogP) is 5.64.